The van der Waals surface area contributed by atoms with E-state index in [9.17, 15) is 14.4 Å². The predicted octanol–water partition coefficient (Wildman–Crippen LogP) is 2.84. The Morgan fingerprint density at radius 3 is 2.76 bits per heavy atom. The van der Waals surface area contributed by atoms with Crippen LogP contribution in [0.5, 0.6) is 0 Å². The number of fused-ring (bicyclic) bond motifs is 1. The quantitative estimate of drug-likeness (QED) is 0.711. The summed E-state index contributed by atoms with van der Waals surface area (Å²) in [4.78, 5) is 37.7. The largest absolute Gasteiger partial charge is 0.354 e. The second-order valence-corrected chi connectivity index (χ2v) is 6.51. The number of hydrogen-bond donors (Lipinski definition) is 2. The number of hydrogen-bond acceptors (Lipinski definition) is 3. The highest BCUT2D eigenvalue weighted by Gasteiger charge is 2.26. The first kappa shape index (κ1) is 19.0. The van der Waals surface area contributed by atoms with Crippen molar-refractivity contribution in [1.29, 1.82) is 0 Å². The fourth-order valence-corrected chi connectivity index (χ4v) is 2.93. The van der Waals surface area contributed by atoms with E-state index in [2.05, 4.69) is 17.6 Å². The van der Waals surface area contributed by atoms with Crippen molar-refractivity contribution < 1.29 is 14.4 Å². The summed E-state index contributed by atoms with van der Waals surface area (Å²) in [6, 6.07) is 7.30. The van der Waals surface area contributed by atoms with Gasteiger partial charge in [0.15, 0.2) is 0 Å². The highest BCUT2D eigenvalue weighted by Crippen LogP contribution is 2.29. The zero-order valence-corrected chi connectivity index (χ0v) is 15.0. The van der Waals surface area contributed by atoms with Crippen molar-refractivity contribution in [3.63, 3.8) is 0 Å². The van der Waals surface area contributed by atoms with Gasteiger partial charge in [-0.15, -0.1) is 0 Å². The van der Waals surface area contributed by atoms with Gasteiger partial charge in [-0.2, -0.15) is 0 Å². The second-order valence-electron chi connectivity index (χ2n) is 6.51. The van der Waals surface area contributed by atoms with Crippen molar-refractivity contribution in [1.82, 2.24) is 5.32 Å². The lowest BCUT2D eigenvalue weighted by Gasteiger charge is -2.29. The second kappa shape index (κ2) is 9.20. The lowest BCUT2D eigenvalue weighted by atomic mass is 10.1. The number of rotatable bonds is 8. The number of anilines is 2. The van der Waals surface area contributed by atoms with E-state index in [1.54, 1.807) is 18.2 Å². The molecule has 1 atom stereocenters. The first-order valence-corrected chi connectivity index (χ1v) is 9.00. The Bertz CT molecular complexity index is 630. The molecule has 0 bridgehead atoms. The van der Waals surface area contributed by atoms with Crippen LogP contribution in [-0.4, -0.2) is 30.3 Å². The molecule has 1 aromatic rings. The van der Waals surface area contributed by atoms with E-state index < -0.39 is 0 Å². The van der Waals surface area contributed by atoms with Gasteiger partial charge in [-0.1, -0.05) is 38.3 Å². The Labute approximate surface area is 149 Å². The van der Waals surface area contributed by atoms with Crippen molar-refractivity contribution in [3.05, 3.63) is 24.3 Å². The molecule has 0 aromatic heterocycles. The topological polar surface area (TPSA) is 78.5 Å². The van der Waals surface area contributed by atoms with E-state index in [1.807, 2.05) is 13.0 Å². The van der Waals surface area contributed by atoms with Crippen LogP contribution < -0.4 is 15.5 Å². The molecule has 1 aliphatic rings. The predicted molar refractivity (Wildman–Crippen MR) is 98.4 cm³/mol. The molecule has 2 rings (SSSR count). The van der Waals surface area contributed by atoms with Crippen molar-refractivity contribution in [2.45, 2.75) is 58.4 Å². The molecule has 6 nitrogen and oxygen atoms in total. The lowest BCUT2D eigenvalue weighted by Crippen LogP contribution is -2.42. The van der Waals surface area contributed by atoms with Gasteiger partial charge < -0.3 is 15.5 Å². The van der Waals surface area contributed by atoms with E-state index in [0.29, 0.717) is 11.4 Å². The number of nitrogens with one attached hydrogen (secondary N) is 2. The van der Waals surface area contributed by atoms with Crippen LogP contribution in [-0.2, 0) is 14.4 Å². The van der Waals surface area contributed by atoms with Gasteiger partial charge in [0.05, 0.1) is 11.4 Å². The molecule has 136 valence electrons. The van der Waals surface area contributed by atoms with E-state index in [-0.39, 0.29) is 43.1 Å². The number of para-hydroxylation sites is 2. The maximum Gasteiger partial charge on any atom is 0.244 e. The van der Waals surface area contributed by atoms with Crippen LogP contribution in [0.15, 0.2) is 24.3 Å². The number of benzene rings is 1. The van der Waals surface area contributed by atoms with Crippen molar-refractivity contribution >= 4 is 29.1 Å². The summed E-state index contributed by atoms with van der Waals surface area (Å²) in [6.07, 6.45) is 4.59. The zero-order chi connectivity index (χ0) is 18.2. The van der Waals surface area contributed by atoms with Crippen LogP contribution in [0.4, 0.5) is 11.4 Å². The summed E-state index contributed by atoms with van der Waals surface area (Å²) in [7, 11) is 0. The first-order chi connectivity index (χ1) is 12.0. The average Bonchev–Trinajstić information content (AvgIpc) is 2.59. The molecule has 2 N–H and O–H groups in total. The van der Waals surface area contributed by atoms with Gasteiger partial charge in [0, 0.05) is 18.9 Å². The SMILES string of the molecule is CCCCCC(C)NC(=O)CCC(=O)N1CC(=O)Nc2ccccc21. The standard InChI is InChI=1S/C19H27N3O3/c1-3-4-5-8-14(2)20-17(23)11-12-19(25)22-13-18(24)21-15-9-6-7-10-16(15)22/h6-7,9-10,14H,3-5,8,11-13H2,1-2H3,(H,20,23)(H,21,24). The highest BCUT2D eigenvalue weighted by molar-refractivity contribution is 6.10. The smallest absolute Gasteiger partial charge is 0.244 e. The third-order valence-electron chi connectivity index (χ3n) is 4.29. The Morgan fingerprint density at radius 1 is 1.24 bits per heavy atom. The number of carbonyl (C=O) groups is 3. The van der Waals surface area contributed by atoms with Crippen molar-refractivity contribution in [3.8, 4) is 0 Å². The fourth-order valence-electron chi connectivity index (χ4n) is 2.93. The molecule has 1 heterocycles. The molecule has 0 saturated carbocycles. The Balaban J connectivity index is 1.84. The van der Waals surface area contributed by atoms with E-state index in [4.69, 9.17) is 0 Å². The number of nitrogens with zero attached hydrogens (tertiary/aromatic N) is 1. The van der Waals surface area contributed by atoms with Crippen LogP contribution in [0.2, 0.25) is 0 Å². The lowest BCUT2D eigenvalue weighted by molar-refractivity contribution is -0.126. The van der Waals surface area contributed by atoms with Crippen molar-refractivity contribution in [2.75, 3.05) is 16.8 Å². The Hall–Kier alpha value is -2.37. The number of carbonyl (C=O) groups excluding carboxylic acids is 3. The third-order valence-corrected chi connectivity index (χ3v) is 4.29. The van der Waals surface area contributed by atoms with Gasteiger partial charge in [-0.25, -0.2) is 0 Å². The fraction of sp³-hybridized carbons (Fsp3) is 0.526. The summed E-state index contributed by atoms with van der Waals surface area (Å²) < 4.78 is 0. The zero-order valence-electron chi connectivity index (χ0n) is 15.0. The van der Waals surface area contributed by atoms with Gasteiger partial charge in [0.25, 0.3) is 0 Å². The molecule has 1 unspecified atom stereocenters. The van der Waals surface area contributed by atoms with Gasteiger partial charge in [0.2, 0.25) is 17.7 Å². The summed E-state index contributed by atoms with van der Waals surface area (Å²) in [6.45, 7) is 4.12. The minimum Gasteiger partial charge on any atom is -0.354 e. The Kier molecular flexibility index (Phi) is 6.98. The molecular weight excluding hydrogens is 318 g/mol. The minimum absolute atomic E-state index is 0.00904. The van der Waals surface area contributed by atoms with E-state index >= 15 is 0 Å². The highest BCUT2D eigenvalue weighted by atomic mass is 16.2. The van der Waals surface area contributed by atoms with Crippen LogP contribution in [0.25, 0.3) is 0 Å². The molecule has 1 aliphatic heterocycles. The molecule has 0 fully saturated rings. The monoisotopic (exact) mass is 345 g/mol. The van der Waals surface area contributed by atoms with E-state index in [1.165, 1.54) is 4.90 Å². The van der Waals surface area contributed by atoms with Crippen LogP contribution in [0.1, 0.15) is 52.4 Å². The molecule has 0 spiro atoms. The summed E-state index contributed by atoms with van der Waals surface area (Å²) in [5, 5.41) is 5.68. The van der Waals surface area contributed by atoms with Crippen LogP contribution in [0.3, 0.4) is 0 Å². The average molecular weight is 345 g/mol. The van der Waals surface area contributed by atoms with Gasteiger partial charge in [-0.05, 0) is 25.5 Å². The first-order valence-electron chi connectivity index (χ1n) is 9.00. The minimum atomic E-state index is -0.221. The van der Waals surface area contributed by atoms with Gasteiger partial charge in [-0.3, -0.25) is 14.4 Å². The maximum absolute atomic E-state index is 12.5. The van der Waals surface area contributed by atoms with Crippen LogP contribution in [0, 0.1) is 0 Å². The maximum atomic E-state index is 12.5. The molecule has 0 radical (unpaired) electrons. The molecule has 3 amide bonds. The normalized spacial score (nSPS) is 14.5. The molecule has 0 saturated heterocycles. The Morgan fingerprint density at radius 2 is 2.00 bits per heavy atom. The molecule has 6 heteroatoms. The summed E-state index contributed by atoms with van der Waals surface area (Å²) >= 11 is 0. The molecular formula is C19H27N3O3. The number of unbranched alkanes of at least 4 members (excludes halogenated alkanes) is 2. The van der Waals surface area contributed by atoms with Crippen molar-refractivity contribution in [2.24, 2.45) is 0 Å². The molecule has 0 aliphatic carbocycles. The number of amides is 3. The molecule has 1 aromatic carbocycles. The summed E-state index contributed by atoms with van der Waals surface area (Å²) in [5.41, 5.74) is 1.31. The molecule has 25 heavy (non-hydrogen) atoms. The third kappa shape index (κ3) is 5.59. The van der Waals surface area contributed by atoms with Gasteiger partial charge in [0.1, 0.15) is 6.54 Å². The van der Waals surface area contributed by atoms with E-state index in [0.717, 1.165) is 25.7 Å². The summed E-state index contributed by atoms with van der Waals surface area (Å²) in [5.74, 6) is -0.552. The van der Waals surface area contributed by atoms with Gasteiger partial charge >= 0.3 is 0 Å². The van der Waals surface area contributed by atoms with Crippen LogP contribution >= 0.6 is 0 Å².